The fraction of sp³-hybridized carbons (Fsp3) is 0.333. The summed E-state index contributed by atoms with van der Waals surface area (Å²) in [4.78, 5) is 0. The molecule has 12 heavy (non-hydrogen) atoms. The molecular weight excluding hydrogens is 146 g/mol. The van der Waals surface area contributed by atoms with Crippen LogP contribution in [0.5, 0.6) is 0 Å². The Morgan fingerprint density at radius 3 is 2.25 bits per heavy atom. The van der Waals surface area contributed by atoms with Crippen LogP contribution in [-0.2, 0) is 0 Å². The van der Waals surface area contributed by atoms with E-state index < -0.39 is 0 Å². The van der Waals surface area contributed by atoms with E-state index in [1.807, 2.05) is 18.2 Å². The summed E-state index contributed by atoms with van der Waals surface area (Å²) >= 11 is 0. The van der Waals surface area contributed by atoms with Crippen LogP contribution in [-0.4, -0.2) is 27.4 Å². The third-order valence-electron chi connectivity index (χ3n) is 2.47. The maximum absolute atomic E-state index is 8.97. The topological polar surface area (TPSA) is 20.2 Å². The molecule has 62 valence electrons. The number of hydrogen-bond acceptors (Lipinski definition) is 1. The first-order chi connectivity index (χ1) is 5.75. The first-order valence-electron chi connectivity index (χ1n) is 4.41. The summed E-state index contributed by atoms with van der Waals surface area (Å²) in [6.07, 6.45) is 0. The van der Waals surface area contributed by atoms with Crippen molar-refractivity contribution in [3.8, 4) is 0 Å². The van der Waals surface area contributed by atoms with Crippen molar-refractivity contribution in [3.05, 3.63) is 35.9 Å². The van der Waals surface area contributed by atoms with Crippen LogP contribution < -0.4 is 0 Å². The molecule has 0 radical (unpaired) electrons. The van der Waals surface area contributed by atoms with E-state index in [0.717, 1.165) is 0 Å². The molecule has 0 amide bonds. The van der Waals surface area contributed by atoms with Crippen LogP contribution in [0.1, 0.15) is 11.4 Å². The molecule has 3 heteroatoms. The Labute approximate surface area is 75.6 Å². The summed E-state index contributed by atoms with van der Waals surface area (Å²) < 4.78 is 0. The molecule has 0 saturated heterocycles. The maximum atomic E-state index is 8.97. The van der Waals surface area contributed by atoms with Crippen LogP contribution in [0.15, 0.2) is 30.3 Å². The predicted molar refractivity (Wildman–Crippen MR) is 57.1 cm³/mol. The number of aliphatic hydroxyl groups excluding tert-OH is 1. The first kappa shape index (κ1) is 9.40. The lowest BCUT2D eigenvalue weighted by molar-refractivity contribution is 0.287. The van der Waals surface area contributed by atoms with Crippen LogP contribution >= 0.6 is 0 Å². The highest BCUT2D eigenvalue weighted by Crippen LogP contribution is 2.22. The number of hydrogen-bond donors (Lipinski definition) is 1. The Hall–Kier alpha value is -0.690. The van der Waals surface area contributed by atoms with E-state index in [1.165, 1.54) is 5.56 Å². The Morgan fingerprint density at radius 1 is 1.17 bits per heavy atom. The average Bonchev–Trinajstić information content (AvgIpc) is 2.17. The van der Waals surface area contributed by atoms with Crippen molar-refractivity contribution in [1.82, 2.24) is 0 Å². The Kier molecular flexibility index (Phi) is 3.42. The van der Waals surface area contributed by atoms with Crippen molar-refractivity contribution in [2.75, 3.05) is 6.61 Å². The van der Waals surface area contributed by atoms with Crippen molar-refractivity contribution >= 4 is 15.7 Å². The van der Waals surface area contributed by atoms with Crippen LogP contribution in [0.4, 0.5) is 0 Å². The molecule has 0 aromatic heterocycles. The smallest absolute Gasteiger partial charge is 0.110 e. The number of rotatable bonds is 3. The molecule has 2 atom stereocenters. The Bertz CT molecular complexity index is 225. The highest BCUT2D eigenvalue weighted by atomic mass is 16.3. The van der Waals surface area contributed by atoms with Gasteiger partial charge in [-0.2, -0.15) is 0 Å². The minimum atomic E-state index is 0.260. The van der Waals surface area contributed by atoms with Gasteiger partial charge in [-0.25, -0.2) is 0 Å². The number of benzene rings is 1. The molecule has 2 unspecified atom stereocenters. The van der Waals surface area contributed by atoms with Gasteiger partial charge in [-0.05, 0) is 11.6 Å². The average molecular weight is 160 g/mol. The van der Waals surface area contributed by atoms with E-state index in [2.05, 4.69) is 27.8 Å². The molecule has 1 nitrogen and oxygen atoms in total. The zero-order valence-corrected chi connectivity index (χ0v) is 7.70. The van der Waals surface area contributed by atoms with Crippen molar-refractivity contribution in [2.45, 2.75) is 11.6 Å². The van der Waals surface area contributed by atoms with Gasteiger partial charge < -0.3 is 5.11 Å². The normalized spacial score (nSPS) is 15.4. The summed E-state index contributed by atoms with van der Waals surface area (Å²) in [7, 11) is 4.22. The summed E-state index contributed by atoms with van der Waals surface area (Å²) in [5.74, 6) is 0.781. The van der Waals surface area contributed by atoms with Crippen LogP contribution in [0.2, 0.25) is 5.82 Å². The van der Waals surface area contributed by atoms with Crippen molar-refractivity contribution in [1.29, 1.82) is 0 Å². The quantitative estimate of drug-likeness (QED) is 0.605. The predicted octanol–water partition coefficient (Wildman–Crippen LogP) is -0.225. The summed E-state index contributed by atoms with van der Waals surface area (Å²) in [5.41, 5.74) is 1.30. The third kappa shape index (κ3) is 2.15. The van der Waals surface area contributed by atoms with Crippen LogP contribution in [0.3, 0.4) is 0 Å². The SMILES string of the molecule is BC(CO)C(B)c1ccccc1. The van der Waals surface area contributed by atoms with Gasteiger partial charge in [0.2, 0.25) is 0 Å². The van der Waals surface area contributed by atoms with Gasteiger partial charge in [-0.15, -0.1) is 0 Å². The highest BCUT2D eigenvalue weighted by molar-refractivity contribution is 6.21. The van der Waals surface area contributed by atoms with E-state index in [0.29, 0.717) is 11.6 Å². The molecule has 0 spiro atoms. The molecule has 1 N–H and O–H groups in total. The van der Waals surface area contributed by atoms with Gasteiger partial charge in [0.15, 0.2) is 0 Å². The van der Waals surface area contributed by atoms with Gasteiger partial charge in [-0.1, -0.05) is 35.9 Å². The molecule has 0 fully saturated rings. The van der Waals surface area contributed by atoms with Crippen LogP contribution in [0, 0.1) is 0 Å². The highest BCUT2D eigenvalue weighted by Gasteiger charge is 2.12. The molecule has 0 aliphatic rings. The second-order valence-electron chi connectivity index (χ2n) is 3.36. The summed E-state index contributed by atoms with van der Waals surface area (Å²) in [6, 6.07) is 10.3. The van der Waals surface area contributed by atoms with E-state index >= 15 is 0 Å². The van der Waals surface area contributed by atoms with E-state index in [4.69, 9.17) is 5.11 Å². The monoisotopic (exact) mass is 160 g/mol. The standard InChI is InChI=1S/C9H14B2O/c10-8(6-12)9(11)7-4-2-1-3-5-7/h1-5,8-9,12H,6,10-11H2. The molecule has 1 rings (SSSR count). The van der Waals surface area contributed by atoms with E-state index in [9.17, 15) is 0 Å². The minimum Gasteiger partial charge on any atom is -0.397 e. The third-order valence-corrected chi connectivity index (χ3v) is 2.47. The summed E-state index contributed by atoms with van der Waals surface area (Å²) in [6.45, 7) is 0.260. The lowest BCUT2D eigenvalue weighted by Gasteiger charge is -2.17. The second kappa shape index (κ2) is 4.36. The summed E-state index contributed by atoms with van der Waals surface area (Å²) in [5, 5.41) is 8.97. The van der Waals surface area contributed by atoms with Gasteiger partial charge in [0.25, 0.3) is 0 Å². The zero-order valence-electron chi connectivity index (χ0n) is 7.70. The Balaban J connectivity index is 2.71. The second-order valence-corrected chi connectivity index (χ2v) is 3.36. The molecule has 0 aliphatic carbocycles. The largest absolute Gasteiger partial charge is 0.397 e. The molecule has 1 aromatic rings. The molecule has 0 bridgehead atoms. The van der Waals surface area contributed by atoms with Gasteiger partial charge in [0.1, 0.15) is 15.7 Å². The molecular formula is C9H14B2O. The van der Waals surface area contributed by atoms with Crippen LogP contribution in [0.25, 0.3) is 0 Å². The fourth-order valence-corrected chi connectivity index (χ4v) is 1.24. The Morgan fingerprint density at radius 2 is 1.75 bits per heavy atom. The first-order valence-corrected chi connectivity index (χ1v) is 4.41. The van der Waals surface area contributed by atoms with Gasteiger partial charge in [0.05, 0.1) is 0 Å². The van der Waals surface area contributed by atoms with E-state index in [-0.39, 0.29) is 6.61 Å². The minimum absolute atomic E-state index is 0.260. The molecule has 0 aliphatic heterocycles. The molecule has 0 heterocycles. The van der Waals surface area contributed by atoms with Crippen molar-refractivity contribution in [3.63, 3.8) is 0 Å². The number of aliphatic hydroxyl groups is 1. The molecule has 1 aromatic carbocycles. The molecule has 0 saturated carbocycles. The van der Waals surface area contributed by atoms with Gasteiger partial charge >= 0.3 is 0 Å². The van der Waals surface area contributed by atoms with Crippen molar-refractivity contribution in [2.24, 2.45) is 0 Å². The lowest BCUT2D eigenvalue weighted by Crippen LogP contribution is -2.11. The van der Waals surface area contributed by atoms with E-state index in [1.54, 1.807) is 0 Å². The lowest BCUT2D eigenvalue weighted by atomic mass is 9.64. The zero-order chi connectivity index (χ0) is 8.97. The van der Waals surface area contributed by atoms with Crippen molar-refractivity contribution < 1.29 is 5.11 Å². The maximum Gasteiger partial charge on any atom is 0.110 e. The van der Waals surface area contributed by atoms with Gasteiger partial charge in [0, 0.05) is 6.61 Å². The fourth-order valence-electron chi connectivity index (χ4n) is 1.24. The van der Waals surface area contributed by atoms with Gasteiger partial charge in [-0.3, -0.25) is 0 Å².